The molecule has 0 heterocycles. The number of aromatic carboxylic acids is 1. The third-order valence-electron chi connectivity index (χ3n) is 1.97. The van der Waals surface area contributed by atoms with Gasteiger partial charge in [0, 0.05) is 9.99 Å². The van der Waals surface area contributed by atoms with Gasteiger partial charge in [0.1, 0.15) is 0 Å². The predicted molar refractivity (Wildman–Crippen MR) is 69.7 cm³/mol. The van der Waals surface area contributed by atoms with Gasteiger partial charge in [-0.15, -0.1) is 0 Å². The minimum absolute atomic E-state index is 0.0523. The van der Waals surface area contributed by atoms with E-state index in [2.05, 4.69) is 5.32 Å². The fraction of sp³-hybridized carbons (Fsp3) is 0.273. The molecule has 86 valence electrons. The Bertz CT molecular complexity index is 418. The molecule has 4 nitrogen and oxygen atoms in total. The second-order valence-electron chi connectivity index (χ2n) is 3.30. The molecule has 1 amide bonds. The van der Waals surface area contributed by atoms with Crippen LogP contribution in [-0.2, 0) is 4.79 Å². The number of rotatable bonds is 4. The molecule has 5 heteroatoms. The molecule has 0 saturated carbocycles. The molecule has 1 aromatic rings. The maximum Gasteiger partial charge on any atom is 0.335 e. The van der Waals surface area contributed by atoms with E-state index in [9.17, 15) is 9.59 Å². The van der Waals surface area contributed by atoms with Crippen molar-refractivity contribution < 1.29 is 14.7 Å². The molecule has 1 rings (SSSR count). The van der Waals surface area contributed by atoms with Gasteiger partial charge in [0.25, 0.3) is 0 Å². The Morgan fingerprint density at radius 3 is 2.62 bits per heavy atom. The van der Waals surface area contributed by atoms with Crippen LogP contribution in [0.3, 0.4) is 0 Å². The third-order valence-corrected chi connectivity index (χ3v) is 2.86. The molecule has 0 aliphatic carbocycles. The fourth-order valence-corrected chi connectivity index (χ4v) is 1.84. The fourth-order valence-electron chi connectivity index (χ4n) is 1.19. The molecule has 0 bridgehead atoms. The van der Waals surface area contributed by atoms with Gasteiger partial charge in [-0.25, -0.2) is 4.79 Å². The van der Waals surface area contributed by atoms with Gasteiger partial charge in [0.15, 0.2) is 0 Å². The lowest BCUT2D eigenvalue weighted by atomic mass is 10.2. The number of hydrogen-bond acceptors (Lipinski definition) is 2. The number of carbonyl (C=O) groups is 2. The molecular formula is C11H12INO3. The zero-order chi connectivity index (χ0) is 12.1. The lowest BCUT2D eigenvalue weighted by molar-refractivity contribution is -0.116. The van der Waals surface area contributed by atoms with Crippen LogP contribution in [-0.4, -0.2) is 17.0 Å². The van der Waals surface area contributed by atoms with Crippen molar-refractivity contribution in [2.24, 2.45) is 0 Å². The molecule has 0 radical (unpaired) electrons. The van der Waals surface area contributed by atoms with Gasteiger partial charge in [-0.3, -0.25) is 4.79 Å². The number of halogens is 1. The van der Waals surface area contributed by atoms with E-state index >= 15 is 0 Å². The van der Waals surface area contributed by atoms with E-state index in [-0.39, 0.29) is 11.5 Å². The molecule has 0 aliphatic rings. The first-order valence-electron chi connectivity index (χ1n) is 4.87. The number of anilines is 1. The Hall–Kier alpha value is -1.11. The van der Waals surface area contributed by atoms with Crippen molar-refractivity contribution in [2.45, 2.75) is 19.8 Å². The molecule has 0 aromatic heterocycles. The SMILES string of the molecule is CCCC(=O)Nc1ccc(C(=O)O)cc1I. The molecular weight excluding hydrogens is 321 g/mol. The van der Waals surface area contributed by atoms with Gasteiger partial charge < -0.3 is 10.4 Å². The van der Waals surface area contributed by atoms with Gasteiger partial charge >= 0.3 is 5.97 Å². The first-order valence-corrected chi connectivity index (χ1v) is 5.95. The molecule has 1 aromatic carbocycles. The highest BCUT2D eigenvalue weighted by molar-refractivity contribution is 14.1. The Labute approximate surface area is 107 Å². The van der Waals surface area contributed by atoms with E-state index < -0.39 is 5.97 Å². The summed E-state index contributed by atoms with van der Waals surface area (Å²) in [5.74, 6) is -1.02. The van der Waals surface area contributed by atoms with E-state index in [1.165, 1.54) is 12.1 Å². The number of nitrogens with one attached hydrogen (secondary N) is 1. The number of benzene rings is 1. The van der Waals surface area contributed by atoms with Crippen molar-refractivity contribution in [3.05, 3.63) is 27.3 Å². The van der Waals surface area contributed by atoms with Crippen LogP contribution in [0.2, 0.25) is 0 Å². The number of amides is 1. The first-order chi connectivity index (χ1) is 7.54. The number of carboxylic acids is 1. The Balaban J connectivity index is 2.83. The maximum absolute atomic E-state index is 11.4. The number of carbonyl (C=O) groups excluding carboxylic acids is 1. The van der Waals surface area contributed by atoms with Crippen LogP contribution < -0.4 is 5.32 Å². The molecule has 0 spiro atoms. The van der Waals surface area contributed by atoms with E-state index in [1.54, 1.807) is 6.07 Å². The van der Waals surface area contributed by atoms with Crippen LogP contribution in [0.5, 0.6) is 0 Å². The Morgan fingerprint density at radius 1 is 1.44 bits per heavy atom. The third kappa shape index (κ3) is 3.48. The number of hydrogen-bond donors (Lipinski definition) is 2. The largest absolute Gasteiger partial charge is 0.478 e. The normalized spacial score (nSPS) is 9.88. The summed E-state index contributed by atoms with van der Waals surface area (Å²) in [6.07, 6.45) is 1.26. The van der Waals surface area contributed by atoms with Crippen molar-refractivity contribution in [1.82, 2.24) is 0 Å². The van der Waals surface area contributed by atoms with Gasteiger partial charge in [-0.1, -0.05) is 6.92 Å². The summed E-state index contributed by atoms with van der Waals surface area (Å²) in [5, 5.41) is 11.5. The molecule has 0 saturated heterocycles. The van der Waals surface area contributed by atoms with Crippen LogP contribution in [0.1, 0.15) is 30.1 Å². The van der Waals surface area contributed by atoms with Crippen molar-refractivity contribution in [3.63, 3.8) is 0 Å². The van der Waals surface area contributed by atoms with Crippen LogP contribution in [0.4, 0.5) is 5.69 Å². The van der Waals surface area contributed by atoms with Crippen LogP contribution in [0, 0.1) is 3.57 Å². The molecule has 0 atom stereocenters. The quantitative estimate of drug-likeness (QED) is 0.833. The summed E-state index contributed by atoms with van der Waals surface area (Å²) < 4.78 is 0.724. The summed E-state index contributed by atoms with van der Waals surface area (Å²) in [7, 11) is 0. The average Bonchev–Trinajstić information content (AvgIpc) is 2.21. The van der Waals surface area contributed by atoms with Crippen LogP contribution in [0.25, 0.3) is 0 Å². The zero-order valence-corrected chi connectivity index (χ0v) is 10.9. The highest BCUT2D eigenvalue weighted by atomic mass is 127. The molecule has 0 unspecified atom stereocenters. The standard InChI is InChI=1S/C11H12INO3/c1-2-3-10(14)13-9-5-4-7(11(15)16)6-8(9)12/h4-6H,2-3H2,1H3,(H,13,14)(H,15,16). The van der Waals surface area contributed by atoms with Crippen LogP contribution in [0.15, 0.2) is 18.2 Å². The summed E-state index contributed by atoms with van der Waals surface area (Å²) in [6, 6.07) is 4.62. The smallest absolute Gasteiger partial charge is 0.335 e. The highest BCUT2D eigenvalue weighted by Gasteiger charge is 2.08. The minimum Gasteiger partial charge on any atom is -0.478 e. The van der Waals surface area contributed by atoms with Gasteiger partial charge in [-0.05, 0) is 47.2 Å². The number of carboxylic acid groups (broad SMARTS) is 1. The maximum atomic E-state index is 11.4. The van der Waals surface area contributed by atoms with Gasteiger partial charge in [-0.2, -0.15) is 0 Å². The summed E-state index contributed by atoms with van der Waals surface area (Å²) in [5.41, 5.74) is 0.877. The first kappa shape index (κ1) is 13.0. The van der Waals surface area contributed by atoms with E-state index in [1.807, 2.05) is 29.5 Å². The summed E-state index contributed by atoms with van der Waals surface area (Å²) in [6.45, 7) is 1.93. The minimum atomic E-state index is -0.968. The second-order valence-corrected chi connectivity index (χ2v) is 4.46. The van der Waals surface area contributed by atoms with Gasteiger partial charge in [0.2, 0.25) is 5.91 Å². The molecule has 16 heavy (non-hydrogen) atoms. The zero-order valence-electron chi connectivity index (χ0n) is 8.79. The van der Waals surface area contributed by atoms with Crippen molar-refractivity contribution in [2.75, 3.05) is 5.32 Å². The Morgan fingerprint density at radius 2 is 2.12 bits per heavy atom. The highest BCUT2D eigenvalue weighted by Crippen LogP contribution is 2.20. The molecule has 0 aliphatic heterocycles. The van der Waals surface area contributed by atoms with E-state index in [4.69, 9.17) is 5.11 Å². The Kier molecular flexibility index (Phi) is 4.72. The van der Waals surface area contributed by atoms with Crippen LogP contribution >= 0.6 is 22.6 Å². The predicted octanol–water partition coefficient (Wildman–Crippen LogP) is 2.73. The van der Waals surface area contributed by atoms with Gasteiger partial charge in [0.05, 0.1) is 11.3 Å². The van der Waals surface area contributed by atoms with Crippen molar-refractivity contribution in [3.8, 4) is 0 Å². The van der Waals surface area contributed by atoms with E-state index in [0.29, 0.717) is 12.1 Å². The monoisotopic (exact) mass is 333 g/mol. The second kappa shape index (κ2) is 5.83. The van der Waals surface area contributed by atoms with Crippen molar-refractivity contribution >= 4 is 40.2 Å². The molecule has 0 fully saturated rings. The topological polar surface area (TPSA) is 66.4 Å². The molecule has 2 N–H and O–H groups in total. The summed E-state index contributed by atoms with van der Waals surface area (Å²) in [4.78, 5) is 22.1. The summed E-state index contributed by atoms with van der Waals surface area (Å²) >= 11 is 2.00. The average molecular weight is 333 g/mol. The van der Waals surface area contributed by atoms with E-state index in [0.717, 1.165) is 9.99 Å². The lowest BCUT2D eigenvalue weighted by Gasteiger charge is -2.07. The van der Waals surface area contributed by atoms with Crippen molar-refractivity contribution in [1.29, 1.82) is 0 Å². The lowest BCUT2D eigenvalue weighted by Crippen LogP contribution is -2.12.